The number of nitrogen functional groups attached to an aromatic ring is 1. The van der Waals surface area contributed by atoms with Gasteiger partial charge in [-0.1, -0.05) is 36.8 Å². The summed E-state index contributed by atoms with van der Waals surface area (Å²) < 4.78 is 37.6. The SMILES string of the molecule is CCCO.Cc1ccc(-c2c(C#N)c(N)nc(OCc3coc(-c4ccc(F)c(F)c4)n3)c2C#N)cc1. The molecule has 0 atom stereocenters. The molecule has 0 unspecified atom stereocenters. The van der Waals surface area contributed by atoms with Crippen molar-refractivity contribution < 1.29 is 23.0 Å². The van der Waals surface area contributed by atoms with Crippen LogP contribution in [0.5, 0.6) is 5.88 Å². The average Bonchev–Trinajstić information content (AvgIpc) is 3.38. The van der Waals surface area contributed by atoms with Gasteiger partial charge in [0, 0.05) is 17.7 Å². The minimum Gasteiger partial charge on any atom is -0.470 e. The molecule has 4 rings (SSSR count). The Labute approximate surface area is 212 Å². The summed E-state index contributed by atoms with van der Waals surface area (Å²) in [5.74, 6) is -2.08. The number of nitriles is 2. The van der Waals surface area contributed by atoms with Crippen LogP contribution in [0, 0.1) is 41.2 Å². The van der Waals surface area contributed by atoms with Crippen molar-refractivity contribution in [2.75, 3.05) is 12.3 Å². The van der Waals surface area contributed by atoms with Crippen molar-refractivity contribution in [2.24, 2.45) is 0 Å². The number of rotatable bonds is 6. The lowest BCUT2D eigenvalue weighted by molar-refractivity contribution is 0.288. The smallest absolute Gasteiger partial charge is 0.234 e. The summed E-state index contributed by atoms with van der Waals surface area (Å²) in [6, 6.07) is 14.6. The maximum absolute atomic E-state index is 13.5. The highest BCUT2D eigenvalue weighted by atomic mass is 19.2. The van der Waals surface area contributed by atoms with Crippen LogP contribution in [0.1, 0.15) is 35.7 Å². The third-order valence-corrected chi connectivity index (χ3v) is 5.05. The molecule has 0 aliphatic heterocycles. The molecule has 0 aliphatic rings. The average molecular weight is 504 g/mol. The van der Waals surface area contributed by atoms with Crippen molar-refractivity contribution >= 4 is 5.82 Å². The van der Waals surface area contributed by atoms with Crippen molar-refractivity contribution in [1.82, 2.24) is 9.97 Å². The molecule has 3 N–H and O–H groups in total. The fourth-order valence-corrected chi connectivity index (χ4v) is 3.19. The zero-order chi connectivity index (χ0) is 26.9. The normalized spacial score (nSPS) is 10.1. The van der Waals surface area contributed by atoms with Crippen LogP contribution >= 0.6 is 0 Å². The second kappa shape index (κ2) is 12.2. The van der Waals surface area contributed by atoms with E-state index in [2.05, 4.69) is 9.97 Å². The molecule has 37 heavy (non-hydrogen) atoms. The zero-order valence-electron chi connectivity index (χ0n) is 20.1. The van der Waals surface area contributed by atoms with Crippen LogP contribution in [0.2, 0.25) is 0 Å². The minimum absolute atomic E-state index is 0.0499. The lowest BCUT2D eigenvalue weighted by Crippen LogP contribution is -2.06. The predicted molar refractivity (Wildman–Crippen MR) is 132 cm³/mol. The zero-order valence-corrected chi connectivity index (χ0v) is 20.1. The number of nitrogens with zero attached hydrogens (tertiary/aromatic N) is 4. The van der Waals surface area contributed by atoms with Gasteiger partial charge in [0.1, 0.15) is 47.6 Å². The number of aryl methyl sites for hydroxylation is 1. The van der Waals surface area contributed by atoms with E-state index in [9.17, 15) is 19.3 Å². The highest BCUT2D eigenvalue weighted by Gasteiger charge is 2.22. The largest absolute Gasteiger partial charge is 0.470 e. The van der Waals surface area contributed by atoms with Crippen molar-refractivity contribution in [2.45, 2.75) is 26.9 Å². The fourth-order valence-electron chi connectivity index (χ4n) is 3.19. The lowest BCUT2D eigenvalue weighted by atomic mass is 9.96. The monoisotopic (exact) mass is 503 g/mol. The summed E-state index contributed by atoms with van der Waals surface area (Å²) in [4.78, 5) is 8.27. The second-order valence-corrected chi connectivity index (χ2v) is 7.80. The Balaban J connectivity index is 0.000000886. The Bertz CT molecular complexity index is 1470. The molecular weight excluding hydrogens is 480 g/mol. The summed E-state index contributed by atoms with van der Waals surface area (Å²) >= 11 is 0. The fraction of sp³-hybridized carbons (Fsp3) is 0.185. The quantitative estimate of drug-likeness (QED) is 0.362. The first-order valence-electron chi connectivity index (χ1n) is 11.2. The van der Waals surface area contributed by atoms with Gasteiger partial charge in [-0.15, -0.1) is 0 Å². The molecule has 2 aromatic carbocycles. The number of oxazole rings is 1. The molecule has 0 saturated heterocycles. The topological polar surface area (TPSA) is 142 Å². The number of benzene rings is 2. The van der Waals surface area contributed by atoms with Crippen LogP contribution < -0.4 is 10.5 Å². The van der Waals surface area contributed by atoms with Crippen LogP contribution in [-0.4, -0.2) is 21.7 Å². The van der Waals surface area contributed by atoms with Crippen LogP contribution in [-0.2, 0) is 6.61 Å². The summed E-state index contributed by atoms with van der Waals surface area (Å²) in [6.07, 6.45) is 2.16. The molecule has 4 aromatic rings. The maximum Gasteiger partial charge on any atom is 0.234 e. The van der Waals surface area contributed by atoms with E-state index >= 15 is 0 Å². The molecule has 2 aromatic heterocycles. The molecule has 0 aliphatic carbocycles. The Morgan fingerprint density at radius 3 is 2.24 bits per heavy atom. The second-order valence-electron chi connectivity index (χ2n) is 7.80. The van der Waals surface area contributed by atoms with Gasteiger partial charge in [0.05, 0.1) is 0 Å². The third-order valence-electron chi connectivity index (χ3n) is 5.05. The third kappa shape index (κ3) is 6.26. The van der Waals surface area contributed by atoms with Gasteiger partial charge < -0.3 is 20.0 Å². The summed E-state index contributed by atoms with van der Waals surface area (Å²) in [6.45, 7) is 4.02. The van der Waals surface area contributed by atoms with Crippen LogP contribution in [0.3, 0.4) is 0 Å². The summed E-state index contributed by atoms with van der Waals surface area (Å²) in [5, 5.41) is 27.3. The number of aliphatic hydroxyl groups excluding tert-OH is 1. The number of hydrogen-bond acceptors (Lipinski definition) is 8. The van der Waals surface area contributed by atoms with Crippen molar-refractivity contribution in [3.63, 3.8) is 0 Å². The molecule has 8 nitrogen and oxygen atoms in total. The van der Waals surface area contributed by atoms with Gasteiger partial charge in [-0.2, -0.15) is 15.5 Å². The molecule has 0 bridgehead atoms. The van der Waals surface area contributed by atoms with E-state index in [0.29, 0.717) is 23.4 Å². The summed E-state index contributed by atoms with van der Waals surface area (Å²) in [7, 11) is 0. The molecule has 0 amide bonds. The van der Waals surface area contributed by atoms with Gasteiger partial charge >= 0.3 is 0 Å². The van der Waals surface area contributed by atoms with Crippen molar-refractivity contribution in [3.8, 4) is 40.6 Å². The lowest BCUT2D eigenvalue weighted by Gasteiger charge is -2.13. The first kappa shape index (κ1) is 26.8. The number of aliphatic hydroxyl groups is 1. The van der Waals surface area contributed by atoms with E-state index in [4.69, 9.17) is 20.0 Å². The number of aromatic nitrogens is 2. The van der Waals surface area contributed by atoms with Crippen LogP contribution in [0.4, 0.5) is 14.6 Å². The predicted octanol–water partition coefficient (Wildman–Crippen LogP) is 5.28. The number of pyridine rings is 1. The molecule has 0 spiro atoms. The number of anilines is 1. The standard InChI is InChI=1S/C24H15F2N5O2.C3H8O/c1-13-2-4-14(5-3-13)21-17(9-27)22(29)31-24(18(21)10-28)33-12-16-11-32-23(30-16)15-6-7-19(25)20(26)8-15;1-2-3-4/h2-8,11H,12H2,1H3,(H2,29,31);4H,2-3H2,1H3. The highest BCUT2D eigenvalue weighted by molar-refractivity contribution is 5.82. The van der Waals surface area contributed by atoms with E-state index in [1.165, 1.54) is 12.3 Å². The first-order valence-corrected chi connectivity index (χ1v) is 11.2. The van der Waals surface area contributed by atoms with Gasteiger partial charge in [-0.05, 0) is 37.1 Å². The Kier molecular flexibility index (Phi) is 8.87. The molecule has 188 valence electrons. The molecule has 0 radical (unpaired) electrons. The van der Waals surface area contributed by atoms with Gasteiger partial charge in [-0.3, -0.25) is 0 Å². The molecule has 2 heterocycles. The number of halogens is 2. The minimum atomic E-state index is -1.02. The number of nitrogens with two attached hydrogens (primary N) is 1. The van der Waals surface area contributed by atoms with E-state index in [0.717, 1.165) is 24.1 Å². The van der Waals surface area contributed by atoms with Crippen molar-refractivity contribution in [1.29, 1.82) is 10.5 Å². The van der Waals surface area contributed by atoms with E-state index < -0.39 is 11.6 Å². The highest BCUT2D eigenvalue weighted by Crippen LogP contribution is 2.35. The summed E-state index contributed by atoms with van der Waals surface area (Å²) in [5.41, 5.74) is 8.62. The number of ether oxygens (including phenoxy) is 1. The van der Waals surface area contributed by atoms with Crippen LogP contribution in [0.25, 0.3) is 22.6 Å². The van der Waals surface area contributed by atoms with E-state index in [1.807, 2.05) is 38.1 Å². The van der Waals surface area contributed by atoms with Crippen molar-refractivity contribution in [3.05, 3.63) is 82.7 Å². The van der Waals surface area contributed by atoms with E-state index in [-0.39, 0.29) is 40.9 Å². The number of hydrogen-bond donors (Lipinski definition) is 2. The molecule has 0 saturated carbocycles. The Morgan fingerprint density at radius 2 is 1.65 bits per heavy atom. The molecular formula is C27H23F2N5O3. The van der Waals surface area contributed by atoms with E-state index in [1.54, 1.807) is 12.1 Å². The van der Waals surface area contributed by atoms with Gasteiger partial charge in [0.2, 0.25) is 11.8 Å². The Morgan fingerprint density at radius 1 is 1.00 bits per heavy atom. The first-order chi connectivity index (χ1) is 17.8. The molecule has 0 fully saturated rings. The van der Waals surface area contributed by atoms with Gasteiger partial charge in [0.25, 0.3) is 0 Å². The van der Waals surface area contributed by atoms with Gasteiger partial charge in [0.15, 0.2) is 11.6 Å². The molecule has 10 heteroatoms. The maximum atomic E-state index is 13.5. The Hall–Kier alpha value is -4.80. The van der Waals surface area contributed by atoms with Gasteiger partial charge in [-0.25, -0.2) is 13.8 Å². The van der Waals surface area contributed by atoms with Crippen LogP contribution in [0.15, 0.2) is 53.1 Å².